The molecule has 4 atom stereocenters. The van der Waals surface area contributed by atoms with Crippen molar-refractivity contribution < 1.29 is 19.4 Å². The van der Waals surface area contributed by atoms with E-state index in [2.05, 4.69) is 12.2 Å². The van der Waals surface area contributed by atoms with Crippen molar-refractivity contribution in [3.05, 3.63) is 12.2 Å². The number of allylic oxidation sites excluding steroid dienone is 2. The molecule has 2 bridgehead atoms. The maximum absolute atomic E-state index is 10.5. The van der Waals surface area contributed by atoms with E-state index >= 15 is 0 Å². The number of hydrogen-bond acceptors (Lipinski definition) is 3. The molecule has 0 aromatic rings. The summed E-state index contributed by atoms with van der Waals surface area (Å²) < 4.78 is 11.8. The average Bonchev–Trinajstić information content (AvgIpc) is 3.11. The van der Waals surface area contributed by atoms with Crippen molar-refractivity contribution in [3.63, 3.8) is 0 Å². The van der Waals surface area contributed by atoms with Gasteiger partial charge in [0.15, 0.2) is 6.29 Å². The smallest absolute Gasteiger partial charge is 0.303 e. The molecule has 4 nitrogen and oxygen atoms in total. The normalized spacial score (nSPS) is 29.9. The molecule has 2 saturated carbocycles. The summed E-state index contributed by atoms with van der Waals surface area (Å²) in [5.41, 5.74) is 0. The van der Waals surface area contributed by atoms with Gasteiger partial charge < -0.3 is 14.6 Å². The van der Waals surface area contributed by atoms with Crippen molar-refractivity contribution in [2.24, 2.45) is 23.7 Å². The van der Waals surface area contributed by atoms with Gasteiger partial charge in [-0.3, -0.25) is 4.79 Å². The minimum atomic E-state index is -0.706. The highest BCUT2D eigenvalue weighted by Gasteiger charge is 2.50. The Kier molecular flexibility index (Phi) is 7.57. The summed E-state index contributed by atoms with van der Waals surface area (Å²) in [6.07, 6.45) is 11.3. The number of hydrogen-bond donors (Lipinski definition) is 1. The van der Waals surface area contributed by atoms with E-state index in [4.69, 9.17) is 14.6 Å². The van der Waals surface area contributed by atoms with Crippen molar-refractivity contribution in [3.8, 4) is 0 Å². The number of unbranched alkanes of at least 4 members (excludes halogenated alkanes) is 1. The van der Waals surface area contributed by atoms with Crippen molar-refractivity contribution >= 4 is 5.97 Å². The Balaban J connectivity index is 1.87. The van der Waals surface area contributed by atoms with Crippen LogP contribution in [0.4, 0.5) is 0 Å². The summed E-state index contributed by atoms with van der Waals surface area (Å²) in [6, 6.07) is 0. The number of rotatable bonds is 11. The molecule has 0 spiro atoms. The number of fused-ring (bicyclic) bond motifs is 2. The van der Waals surface area contributed by atoms with Crippen molar-refractivity contribution in [1.29, 1.82) is 0 Å². The van der Waals surface area contributed by atoms with Gasteiger partial charge in [-0.1, -0.05) is 12.2 Å². The van der Waals surface area contributed by atoms with Gasteiger partial charge in [0.25, 0.3) is 0 Å². The third-order valence-corrected chi connectivity index (χ3v) is 5.47. The monoisotopic (exact) mass is 324 g/mol. The Labute approximate surface area is 140 Å². The fourth-order valence-corrected chi connectivity index (χ4v) is 4.57. The zero-order chi connectivity index (χ0) is 16.7. The molecule has 1 N–H and O–H groups in total. The van der Waals surface area contributed by atoms with Crippen LogP contribution in [0.1, 0.15) is 58.8 Å². The minimum absolute atomic E-state index is 0.0503. The fourth-order valence-electron chi connectivity index (χ4n) is 4.57. The summed E-state index contributed by atoms with van der Waals surface area (Å²) in [6.45, 7) is 5.49. The van der Waals surface area contributed by atoms with Crippen LogP contribution in [-0.2, 0) is 14.3 Å². The van der Waals surface area contributed by atoms with Gasteiger partial charge >= 0.3 is 5.97 Å². The van der Waals surface area contributed by atoms with Crippen LogP contribution in [0.5, 0.6) is 0 Å². The topological polar surface area (TPSA) is 55.8 Å². The lowest BCUT2D eigenvalue weighted by Crippen LogP contribution is -2.36. The quantitative estimate of drug-likeness (QED) is 0.351. The van der Waals surface area contributed by atoms with Gasteiger partial charge in [0.1, 0.15) is 0 Å². The van der Waals surface area contributed by atoms with Crippen LogP contribution in [0.15, 0.2) is 12.2 Å². The standard InChI is InChI=1S/C19H32O4/c1-3-22-19(23-4-2)18-15-12-11-14(13-15)16(18)9-7-5-6-8-10-17(20)21/h5,7,14-16,18-19H,3-4,6,8-13H2,1-2H3,(H,20,21). The fraction of sp³-hybridized carbons (Fsp3) is 0.842. The summed E-state index contributed by atoms with van der Waals surface area (Å²) >= 11 is 0. The largest absolute Gasteiger partial charge is 0.481 e. The number of carbonyl (C=O) groups is 1. The second-order valence-electron chi connectivity index (χ2n) is 6.85. The summed E-state index contributed by atoms with van der Waals surface area (Å²) in [5.74, 6) is 2.05. The molecule has 0 radical (unpaired) electrons. The SMILES string of the molecule is CCOC(OCC)C1C2CCC(C2)C1CC=CCCCC(=O)O. The van der Waals surface area contributed by atoms with E-state index in [0.717, 1.165) is 31.1 Å². The molecule has 2 aliphatic carbocycles. The molecule has 2 fully saturated rings. The number of aliphatic carboxylic acids is 1. The maximum atomic E-state index is 10.5. The lowest BCUT2D eigenvalue weighted by atomic mass is 9.77. The first-order chi connectivity index (χ1) is 11.2. The lowest BCUT2D eigenvalue weighted by Gasteiger charge is -2.35. The van der Waals surface area contributed by atoms with Gasteiger partial charge in [0.2, 0.25) is 0 Å². The molecule has 0 heterocycles. The Morgan fingerprint density at radius 2 is 1.87 bits per heavy atom. The van der Waals surface area contributed by atoms with E-state index in [1.165, 1.54) is 19.3 Å². The average molecular weight is 324 g/mol. The van der Waals surface area contributed by atoms with E-state index in [1.807, 2.05) is 13.8 Å². The Morgan fingerprint density at radius 3 is 2.52 bits per heavy atom. The zero-order valence-electron chi connectivity index (χ0n) is 14.6. The molecule has 2 aliphatic rings. The maximum Gasteiger partial charge on any atom is 0.303 e. The van der Waals surface area contributed by atoms with Crippen LogP contribution in [0.3, 0.4) is 0 Å². The molecule has 0 aromatic heterocycles. The highest BCUT2D eigenvalue weighted by atomic mass is 16.7. The van der Waals surface area contributed by atoms with Gasteiger partial charge in [0.05, 0.1) is 0 Å². The van der Waals surface area contributed by atoms with Gasteiger partial charge in [-0.25, -0.2) is 0 Å². The molecule has 132 valence electrons. The number of ether oxygens (including phenoxy) is 2. The summed E-state index contributed by atoms with van der Waals surface area (Å²) in [5, 5.41) is 8.66. The van der Waals surface area contributed by atoms with Crippen molar-refractivity contribution in [2.75, 3.05) is 13.2 Å². The van der Waals surface area contributed by atoms with Crippen LogP contribution < -0.4 is 0 Å². The van der Waals surface area contributed by atoms with Crippen LogP contribution in [0, 0.1) is 23.7 Å². The first-order valence-electron chi connectivity index (χ1n) is 9.27. The molecule has 2 rings (SSSR count). The second-order valence-corrected chi connectivity index (χ2v) is 6.85. The van der Waals surface area contributed by atoms with Gasteiger partial charge in [0, 0.05) is 25.6 Å². The highest BCUT2D eigenvalue weighted by Crippen LogP contribution is 2.55. The first kappa shape index (κ1) is 18.5. The molecular weight excluding hydrogens is 292 g/mol. The zero-order valence-corrected chi connectivity index (χ0v) is 14.6. The van der Waals surface area contributed by atoms with E-state index in [1.54, 1.807) is 0 Å². The summed E-state index contributed by atoms with van der Waals surface area (Å²) in [4.78, 5) is 10.5. The molecule has 4 heteroatoms. The molecule has 0 aliphatic heterocycles. The number of carboxylic acid groups (broad SMARTS) is 1. The molecule has 23 heavy (non-hydrogen) atoms. The van der Waals surface area contributed by atoms with Crippen molar-refractivity contribution in [2.45, 2.75) is 65.1 Å². The Bertz CT molecular complexity index is 387. The third kappa shape index (κ3) is 5.05. The first-order valence-corrected chi connectivity index (χ1v) is 9.27. The van der Waals surface area contributed by atoms with Gasteiger partial charge in [-0.05, 0) is 70.1 Å². The van der Waals surface area contributed by atoms with E-state index < -0.39 is 5.97 Å². The number of carboxylic acids is 1. The highest BCUT2D eigenvalue weighted by molar-refractivity contribution is 5.66. The third-order valence-electron chi connectivity index (χ3n) is 5.47. The van der Waals surface area contributed by atoms with Crippen molar-refractivity contribution in [1.82, 2.24) is 0 Å². The predicted molar refractivity (Wildman–Crippen MR) is 90.1 cm³/mol. The van der Waals surface area contributed by atoms with E-state index in [-0.39, 0.29) is 12.7 Å². The van der Waals surface area contributed by atoms with Gasteiger partial charge in [-0.15, -0.1) is 0 Å². The van der Waals surface area contributed by atoms with E-state index in [9.17, 15) is 4.79 Å². The van der Waals surface area contributed by atoms with Crippen LogP contribution in [0.25, 0.3) is 0 Å². The Hall–Kier alpha value is -0.870. The molecule has 0 amide bonds. The lowest BCUT2D eigenvalue weighted by molar-refractivity contribution is -0.186. The van der Waals surface area contributed by atoms with Gasteiger partial charge in [-0.2, -0.15) is 0 Å². The molecule has 4 unspecified atom stereocenters. The van der Waals surface area contributed by atoms with Crippen LogP contribution in [0.2, 0.25) is 0 Å². The molecule has 0 aromatic carbocycles. The van der Waals surface area contributed by atoms with E-state index in [0.29, 0.717) is 25.0 Å². The minimum Gasteiger partial charge on any atom is -0.481 e. The predicted octanol–water partition coefficient (Wildman–Crippen LogP) is 4.25. The summed E-state index contributed by atoms with van der Waals surface area (Å²) in [7, 11) is 0. The van der Waals surface area contributed by atoms with Crippen LogP contribution in [-0.4, -0.2) is 30.6 Å². The molecular formula is C19H32O4. The Morgan fingerprint density at radius 1 is 1.17 bits per heavy atom. The molecule has 0 saturated heterocycles. The van der Waals surface area contributed by atoms with Crippen LogP contribution >= 0.6 is 0 Å². The second kappa shape index (κ2) is 9.43.